The molecule has 2 aliphatic carbocycles. The molecule has 0 unspecified atom stereocenters. The molecule has 1 aliphatic heterocycles. The van der Waals surface area contributed by atoms with E-state index in [2.05, 4.69) is 17.6 Å². The minimum Gasteiger partial charge on any atom is -0.494 e. The van der Waals surface area contributed by atoms with Crippen molar-refractivity contribution in [2.24, 2.45) is 24.6 Å². The first-order valence-corrected chi connectivity index (χ1v) is 13.0. The van der Waals surface area contributed by atoms with Gasteiger partial charge in [-0.15, -0.1) is 0 Å². The van der Waals surface area contributed by atoms with Crippen LogP contribution in [0.3, 0.4) is 0 Å². The Labute approximate surface area is 216 Å². The number of aryl methyl sites for hydroxylation is 1. The maximum atomic E-state index is 13.5. The Kier molecular flexibility index (Phi) is 5.58. The Hall–Kier alpha value is -3.35. The SMILES string of the molecule is COc1cc(C(=O)N2C[C@H]3CC[C@@H]2[C@@H]3N)cc2nc(-c3ccc(C#N)n3C[C@H]3C[C@@](C)(OC)C3)n(C)c12. The highest BCUT2D eigenvalue weighted by Crippen LogP contribution is 2.42. The molecule has 9 heteroatoms. The zero-order valence-corrected chi connectivity index (χ0v) is 21.9. The van der Waals surface area contributed by atoms with Crippen molar-refractivity contribution in [3.8, 4) is 23.3 Å². The van der Waals surface area contributed by atoms with E-state index in [0.717, 1.165) is 49.3 Å². The summed E-state index contributed by atoms with van der Waals surface area (Å²) in [6.45, 7) is 3.57. The van der Waals surface area contributed by atoms with E-state index in [1.807, 2.05) is 40.8 Å². The van der Waals surface area contributed by atoms with Gasteiger partial charge in [0.25, 0.3) is 5.91 Å². The summed E-state index contributed by atoms with van der Waals surface area (Å²) in [6, 6.07) is 9.98. The lowest BCUT2D eigenvalue weighted by Crippen LogP contribution is -2.44. The number of nitriles is 1. The number of amides is 1. The summed E-state index contributed by atoms with van der Waals surface area (Å²) in [7, 11) is 5.32. The first-order chi connectivity index (χ1) is 17.8. The average Bonchev–Trinajstić information content (AvgIpc) is 3.63. The average molecular weight is 503 g/mol. The van der Waals surface area contributed by atoms with Gasteiger partial charge >= 0.3 is 0 Å². The summed E-state index contributed by atoms with van der Waals surface area (Å²) in [4.78, 5) is 20.4. The van der Waals surface area contributed by atoms with Gasteiger partial charge in [-0.25, -0.2) is 4.98 Å². The standard InChI is InChI=1S/C28H34N6O3/c1-28(37-4)11-16(12-28)14-33-19(13-29)6-8-22(33)26-31-20-9-18(10-23(36-3)25(20)32(26)2)27(35)34-15-17-5-7-21(34)24(17)30/h6,8-10,16-17,21,24H,5,7,11-12,14-15,30H2,1-4H3/t16-,17-,21-,24-,28+/m1/s1. The van der Waals surface area contributed by atoms with Crippen LogP contribution in [0, 0.1) is 23.2 Å². The number of hydrogen-bond donors (Lipinski definition) is 1. The number of aromatic nitrogens is 3. The molecule has 2 bridgehead atoms. The van der Waals surface area contributed by atoms with Crippen molar-refractivity contribution in [3.05, 3.63) is 35.5 Å². The van der Waals surface area contributed by atoms with Crippen LogP contribution in [0.15, 0.2) is 24.3 Å². The Morgan fingerprint density at radius 3 is 2.68 bits per heavy atom. The molecule has 0 spiro atoms. The Bertz CT molecular complexity index is 1430. The number of hydrogen-bond acceptors (Lipinski definition) is 6. The predicted molar refractivity (Wildman–Crippen MR) is 139 cm³/mol. The van der Waals surface area contributed by atoms with E-state index in [1.54, 1.807) is 14.2 Å². The Morgan fingerprint density at radius 1 is 1.27 bits per heavy atom. The fourth-order valence-electron chi connectivity index (χ4n) is 6.94. The Morgan fingerprint density at radius 2 is 2.05 bits per heavy atom. The van der Waals surface area contributed by atoms with Crippen molar-refractivity contribution < 1.29 is 14.3 Å². The number of rotatable bonds is 6. The summed E-state index contributed by atoms with van der Waals surface area (Å²) in [5, 5.41) is 9.79. The monoisotopic (exact) mass is 502 g/mol. The van der Waals surface area contributed by atoms with E-state index < -0.39 is 0 Å². The van der Waals surface area contributed by atoms with Gasteiger partial charge in [-0.3, -0.25) is 4.79 Å². The van der Waals surface area contributed by atoms with E-state index in [1.165, 1.54) is 0 Å². The molecule has 1 amide bonds. The van der Waals surface area contributed by atoms with Gasteiger partial charge in [-0.2, -0.15) is 5.26 Å². The van der Waals surface area contributed by atoms with Gasteiger partial charge in [-0.1, -0.05) is 0 Å². The molecule has 6 rings (SSSR count). The first kappa shape index (κ1) is 24.0. The smallest absolute Gasteiger partial charge is 0.254 e. The van der Waals surface area contributed by atoms with Gasteiger partial charge in [0.1, 0.15) is 23.0 Å². The third kappa shape index (κ3) is 3.65. The Balaban J connectivity index is 1.37. The number of carbonyl (C=O) groups excluding carboxylic acids is 1. The number of piperidine rings is 1. The number of likely N-dealkylation sites (tertiary alicyclic amines) is 1. The van der Waals surface area contributed by atoms with Crippen LogP contribution in [0.4, 0.5) is 0 Å². The number of nitrogens with zero attached hydrogens (tertiary/aromatic N) is 5. The normalized spacial score (nSPS) is 28.5. The highest BCUT2D eigenvalue weighted by molar-refractivity contribution is 6.00. The van der Waals surface area contributed by atoms with Crippen LogP contribution in [0.2, 0.25) is 0 Å². The minimum atomic E-state index is -0.0856. The quantitative estimate of drug-likeness (QED) is 0.554. The zero-order chi connectivity index (χ0) is 26.1. The number of nitrogens with two attached hydrogens (primary N) is 1. The largest absolute Gasteiger partial charge is 0.494 e. The van der Waals surface area contributed by atoms with E-state index in [0.29, 0.717) is 40.9 Å². The van der Waals surface area contributed by atoms with Crippen LogP contribution in [0.5, 0.6) is 5.75 Å². The first-order valence-electron chi connectivity index (χ1n) is 13.0. The summed E-state index contributed by atoms with van der Waals surface area (Å²) < 4.78 is 15.4. The summed E-state index contributed by atoms with van der Waals surface area (Å²) >= 11 is 0. The van der Waals surface area contributed by atoms with Crippen LogP contribution in [-0.2, 0) is 18.3 Å². The highest BCUT2D eigenvalue weighted by atomic mass is 16.5. The second kappa shape index (κ2) is 8.61. The lowest BCUT2D eigenvalue weighted by atomic mass is 9.72. The van der Waals surface area contributed by atoms with Crippen LogP contribution in [-0.4, -0.2) is 63.4 Å². The number of carbonyl (C=O) groups is 1. The lowest BCUT2D eigenvalue weighted by molar-refractivity contribution is -0.0939. The molecule has 1 aromatic carbocycles. The molecule has 3 heterocycles. The molecule has 3 atom stereocenters. The summed E-state index contributed by atoms with van der Waals surface area (Å²) in [6.07, 6.45) is 3.97. The van der Waals surface area contributed by atoms with E-state index in [9.17, 15) is 10.1 Å². The minimum absolute atomic E-state index is 0.0172. The topological polar surface area (TPSA) is 111 Å². The number of imidazole rings is 1. The second-order valence-electron chi connectivity index (χ2n) is 11.2. The van der Waals surface area contributed by atoms with Crippen molar-refractivity contribution in [3.63, 3.8) is 0 Å². The van der Waals surface area contributed by atoms with Gasteiger partial charge < -0.3 is 29.2 Å². The lowest BCUT2D eigenvalue weighted by Gasteiger charge is -2.44. The molecule has 2 N–H and O–H groups in total. The number of benzene rings is 1. The highest BCUT2D eigenvalue weighted by Gasteiger charge is 2.47. The van der Waals surface area contributed by atoms with Crippen molar-refractivity contribution >= 4 is 16.9 Å². The molecule has 37 heavy (non-hydrogen) atoms. The fraction of sp³-hybridized carbons (Fsp3) is 0.536. The molecule has 1 saturated heterocycles. The fourth-order valence-corrected chi connectivity index (χ4v) is 6.94. The third-order valence-electron chi connectivity index (χ3n) is 9.01. The molecule has 3 aliphatic rings. The molecule has 9 nitrogen and oxygen atoms in total. The molecular weight excluding hydrogens is 468 g/mol. The number of methoxy groups -OCH3 is 2. The molecule has 3 fully saturated rings. The van der Waals surface area contributed by atoms with Gasteiger partial charge in [0.2, 0.25) is 0 Å². The van der Waals surface area contributed by atoms with Gasteiger partial charge in [0.15, 0.2) is 5.82 Å². The van der Waals surface area contributed by atoms with Gasteiger partial charge in [0, 0.05) is 44.9 Å². The van der Waals surface area contributed by atoms with E-state index >= 15 is 0 Å². The van der Waals surface area contributed by atoms with E-state index in [-0.39, 0.29) is 23.6 Å². The molecular formula is C28H34N6O3. The van der Waals surface area contributed by atoms with Crippen molar-refractivity contribution in [2.75, 3.05) is 20.8 Å². The van der Waals surface area contributed by atoms with Crippen LogP contribution in [0.1, 0.15) is 48.7 Å². The third-order valence-corrected chi connectivity index (χ3v) is 9.01. The van der Waals surface area contributed by atoms with Crippen LogP contribution >= 0.6 is 0 Å². The van der Waals surface area contributed by atoms with Crippen LogP contribution in [0.25, 0.3) is 22.6 Å². The number of ether oxygens (including phenoxy) is 2. The maximum absolute atomic E-state index is 13.5. The molecule has 194 valence electrons. The summed E-state index contributed by atoms with van der Waals surface area (Å²) in [5.74, 6) is 2.13. The number of fused-ring (bicyclic) bond motifs is 3. The maximum Gasteiger partial charge on any atom is 0.254 e. The van der Waals surface area contributed by atoms with Gasteiger partial charge in [0.05, 0.1) is 23.9 Å². The van der Waals surface area contributed by atoms with Crippen LogP contribution < -0.4 is 10.5 Å². The van der Waals surface area contributed by atoms with Gasteiger partial charge in [-0.05, 0) is 68.7 Å². The second-order valence-corrected chi connectivity index (χ2v) is 11.2. The van der Waals surface area contributed by atoms with E-state index in [4.69, 9.17) is 20.2 Å². The zero-order valence-electron chi connectivity index (χ0n) is 21.9. The predicted octanol–water partition coefficient (Wildman–Crippen LogP) is 3.30. The molecule has 3 aromatic rings. The van der Waals surface area contributed by atoms with Crippen molar-refractivity contribution in [1.82, 2.24) is 19.0 Å². The molecule has 2 saturated carbocycles. The summed E-state index contributed by atoms with van der Waals surface area (Å²) in [5.41, 5.74) is 9.82. The van der Waals surface area contributed by atoms with Crippen molar-refractivity contribution in [2.45, 2.75) is 56.8 Å². The van der Waals surface area contributed by atoms with Crippen molar-refractivity contribution in [1.29, 1.82) is 5.26 Å². The molecule has 2 aromatic heterocycles. The molecule has 0 radical (unpaired) electrons.